The summed E-state index contributed by atoms with van der Waals surface area (Å²) in [5, 5.41) is 9.69. The molecule has 184 valence electrons. The van der Waals surface area contributed by atoms with Crippen LogP contribution < -0.4 is 5.73 Å². The summed E-state index contributed by atoms with van der Waals surface area (Å²) in [6, 6.07) is 2.16. The Morgan fingerprint density at radius 1 is 1.03 bits per heavy atom. The smallest absolute Gasteiger partial charge is 0.223 e. The van der Waals surface area contributed by atoms with Crippen LogP contribution in [0.2, 0.25) is 0 Å². The molecule has 5 nitrogen and oxygen atoms in total. The number of hydrogen-bond acceptors (Lipinski definition) is 4. The molecule has 0 spiro atoms. The molecule has 9 atom stereocenters. The molecule has 0 aromatic carbocycles. The van der Waals surface area contributed by atoms with Crippen molar-refractivity contribution in [2.75, 3.05) is 0 Å². The summed E-state index contributed by atoms with van der Waals surface area (Å²) in [7, 11) is 0. The van der Waals surface area contributed by atoms with Gasteiger partial charge in [0, 0.05) is 18.3 Å². The van der Waals surface area contributed by atoms with Gasteiger partial charge in [-0.05, 0) is 84.9 Å². The van der Waals surface area contributed by atoms with Gasteiger partial charge in [0.25, 0.3) is 0 Å². The molecule has 5 heteroatoms. The largest absolute Gasteiger partial charge is 0.369 e. The second kappa shape index (κ2) is 7.28. The van der Waals surface area contributed by atoms with Gasteiger partial charge >= 0.3 is 0 Å². The third kappa shape index (κ3) is 2.93. The van der Waals surface area contributed by atoms with Gasteiger partial charge < -0.3 is 5.73 Å². The maximum Gasteiger partial charge on any atom is 0.223 e. The minimum Gasteiger partial charge on any atom is -0.369 e. The van der Waals surface area contributed by atoms with E-state index in [1.54, 1.807) is 0 Å². The van der Waals surface area contributed by atoms with Crippen LogP contribution in [0.25, 0.3) is 0 Å². The molecule has 34 heavy (non-hydrogen) atoms. The quantitative estimate of drug-likeness (QED) is 0.590. The predicted molar refractivity (Wildman–Crippen MR) is 129 cm³/mol. The van der Waals surface area contributed by atoms with Gasteiger partial charge in [-0.2, -0.15) is 5.26 Å². The van der Waals surface area contributed by atoms with Crippen molar-refractivity contribution in [2.24, 2.45) is 62.9 Å². The van der Waals surface area contributed by atoms with Crippen LogP contribution in [0.5, 0.6) is 0 Å². The maximum atomic E-state index is 14.1. The summed E-state index contributed by atoms with van der Waals surface area (Å²) in [5.74, 6) is 0.296. The van der Waals surface area contributed by atoms with Crippen LogP contribution >= 0.6 is 0 Å². The van der Waals surface area contributed by atoms with E-state index in [0.29, 0.717) is 12.2 Å². The van der Waals surface area contributed by atoms with Gasteiger partial charge in [-0.3, -0.25) is 14.4 Å². The molecule has 0 aromatic heterocycles. The second-order valence-corrected chi connectivity index (χ2v) is 13.7. The van der Waals surface area contributed by atoms with Gasteiger partial charge in [-0.25, -0.2) is 0 Å². The Hall–Kier alpha value is -1.96. The summed E-state index contributed by atoms with van der Waals surface area (Å²) in [4.78, 5) is 39.7. The first-order valence-electron chi connectivity index (χ1n) is 13.3. The molecule has 0 bridgehead atoms. The SMILES string of the molecule is CC1C(=O)C(C#N)=CC2(C)C1CCC1(C)C3CCC4(C(N)=O)CCC(C)(C)CC4C3C(=O)CC21. The van der Waals surface area contributed by atoms with E-state index in [0.717, 1.165) is 44.9 Å². The fourth-order valence-corrected chi connectivity index (χ4v) is 9.96. The number of amides is 1. The van der Waals surface area contributed by atoms with Crippen molar-refractivity contribution < 1.29 is 14.4 Å². The van der Waals surface area contributed by atoms with Gasteiger partial charge in [-0.1, -0.05) is 40.7 Å². The number of nitriles is 1. The van der Waals surface area contributed by atoms with Crippen molar-refractivity contribution in [3.8, 4) is 6.07 Å². The van der Waals surface area contributed by atoms with Crippen molar-refractivity contribution in [2.45, 2.75) is 86.0 Å². The first kappa shape index (κ1) is 23.8. The van der Waals surface area contributed by atoms with Gasteiger partial charge in [0.05, 0.1) is 11.0 Å². The molecule has 5 aliphatic rings. The number of nitrogens with two attached hydrogens (primary N) is 1. The van der Waals surface area contributed by atoms with E-state index in [2.05, 4.69) is 33.8 Å². The van der Waals surface area contributed by atoms with Gasteiger partial charge in [0.2, 0.25) is 5.91 Å². The number of nitrogens with zero attached hydrogens (tertiary/aromatic N) is 1. The fourth-order valence-electron chi connectivity index (χ4n) is 9.96. The normalized spacial score (nSPS) is 49.5. The molecule has 4 saturated carbocycles. The molecule has 5 aliphatic carbocycles. The van der Waals surface area contributed by atoms with E-state index < -0.39 is 5.41 Å². The highest BCUT2D eigenvalue weighted by Crippen LogP contribution is 2.70. The third-order valence-electron chi connectivity index (χ3n) is 11.8. The summed E-state index contributed by atoms with van der Waals surface area (Å²) >= 11 is 0. The molecule has 0 saturated heterocycles. The van der Waals surface area contributed by atoms with Crippen molar-refractivity contribution in [1.29, 1.82) is 5.26 Å². The number of Topliss-reactive ketones (excluding diaryl/α,β-unsaturated/α-hetero) is 2. The number of primary amides is 1. The minimum atomic E-state index is -0.545. The predicted octanol–water partition coefficient (Wildman–Crippen LogP) is 4.99. The van der Waals surface area contributed by atoms with E-state index in [1.807, 2.05) is 13.0 Å². The highest BCUT2D eigenvalue weighted by atomic mass is 16.1. The zero-order valence-electron chi connectivity index (χ0n) is 21.4. The lowest BCUT2D eigenvalue weighted by atomic mass is 9.36. The summed E-state index contributed by atoms with van der Waals surface area (Å²) in [6.07, 6.45) is 8.67. The molecule has 5 rings (SSSR count). The lowest BCUT2D eigenvalue weighted by Gasteiger charge is -2.66. The lowest BCUT2D eigenvalue weighted by Crippen LogP contribution is -2.65. The zero-order valence-corrected chi connectivity index (χ0v) is 21.4. The van der Waals surface area contributed by atoms with E-state index >= 15 is 0 Å². The Morgan fingerprint density at radius 3 is 2.35 bits per heavy atom. The van der Waals surface area contributed by atoms with Gasteiger partial charge in [-0.15, -0.1) is 0 Å². The van der Waals surface area contributed by atoms with Crippen LogP contribution in [-0.4, -0.2) is 17.5 Å². The number of carbonyl (C=O) groups is 3. The van der Waals surface area contributed by atoms with Crippen molar-refractivity contribution in [3.63, 3.8) is 0 Å². The maximum absolute atomic E-state index is 14.1. The molecule has 1 amide bonds. The Bertz CT molecular complexity index is 1040. The summed E-state index contributed by atoms with van der Waals surface area (Å²) < 4.78 is 0. The molecule has 0 aromatic rings. The number of ketones is 2. The topological polar surface area (TPSA) is 101 Å². The third-order valence-corrected chi connectivity index (χ3v) is 11.8. The highest BCUT2D eigenvalue weighted by Gasteiger charge is 2.67. The zero-order chi connectivity index (χ0) is 24.8. The van der Waals surface area contributed by atoms with Crippen LogP contribution in [0.15, 0.2) is 11.6 Å². The monoisotopic (exact) mass is 464 g/mol. The molecule has 9 unspecified atom stereocenters. The Balaban J connectivity index is 1.59. The molecule has 0 aliphatic heterocycles. The standard InChI is InChI=1S/C29H40N2O3/c1-16-18-6-8-27(4)19-7-9-29(25(31)34)11-10-26(2,3)14-20(29)23(19)21(32)12-22(27)28(18,5)13-17(15-30)24(16)33/h13,16,18-20,22-23H,6-12,14H2,1-5H3,(H2,31,34). The summed E-state index contributed by atoms with van der Waals surface area (Å²) in [6.45, 7) is 11.1. The van der Waals surface area contributed by atoms with Gasteiger partial charge in [0.1, 0.15) is 11.9 Å². The van der Waals surface area contributed by atoms with E-state index in [1.165, 1.54) is 0 Å². The molecule has 0 heterocycles. The van der Waals surface area contributed by atoms with E-state index in [-0.39, 0.29) is 69.0 Å². The van der Waals surface area contributed by atoms with Crippen LogP contribution in [-0.2, 0) is 14.4 Å². The molecule has 2 N–H and O–H groups in total. The number of hydrogen-bond donors (Lipinski definition) is 1. The van der Waals surface area contributed by atoms with Crippen LogP contribution in [0.1, 0.15) is 86.0 Å². The molecular weight excluding hydrogens is 424 g/mol. The summed E-state index contributed by atoms with van der Waals surface area (Å²) in [5.41, 5.74) is 5.53. The first-order chi connectivity index (χ1) is 15.8. The second-order valence-electron chi connectivity index (χ2n) is 13.7. The van der Waals surface area contributed by atoms with Crippen LogP contribution in [0, 0.1) is 68.5 Å². The fraction of sp³-hybridized carbons (Fsp3) is 0.793. The average Bonchev–Trinajstić information content (AvgIpc) is 2.76. The van der Waals surface area contributed by atoms with Crippen molar-refractivity contribution in [1.82, 2.24) is 0 Å². The lowest BCUT2D eigenvalue weighted by molar-refractivity contribution is -0.187. The Labute approximate surface area is 203 Å². The Morgan fingerprint density at radius 2 is 1.71 bits per heavy atom. The van der Waals surface area contributed by atoms with Crippen molar-refractivity contribution >= 4 is 17.5 Å². The number of carbonyl (C=O) groups excluding carboxylic acids is 3. The minimum absolute atomic E-state index is 0.0281. The molecule has 4 fully saturated rings. The number of fused-ring (bicyclic) bond motifs is 7. The van der Waals surface area contributed by atoms with Crippen molar-refractivity contribution in [3.05, 3.63) is 11.6 Å². The first-order valence-corrected chi connectivity index (χ1v) is 13.3. The highest BCUT2D eigenvalue weighted by molar-refractivity contribution is 6.01. The molecule has 0 radical (unpaired) electrons. The number of rotatable bonds is 1. The van der Waals surface area contributed by atoms with Crippen LogP contribution in [0.3, 0.4) is 0 Å². The van der Waals surface area contributed by atoms with Gasteiger partial charge in [0.15, 0.2) is 5.78 Å². The van der Waals surface area contributed by atoms with E-state index in [9.17, 15) is 19.6 Å². The van der Waals surface area contributed by atoms with E-state index in [4.69, 9.17) is 5.73 Å². The number of allylic oxidation sites excluding steroid dienone is 2. The Kier molecular flexibility index (Phi) is 5.09. The average molecular weight is 465 g/mol. The molecular formula is C29H40N2O3. The van der Waals surface area contributed by atoms with Crippen LogP contribution in [0.4, 0.5) is 0 Å².